The smallest absolute Gasteiger partial charge is 0.340 e. The zero-order valence-corrected chi connectivity index (χ0v) is 15.8. The van der Waals surface area contributed by atoms with Crippen molar-refractivity contribution in [3.05, 3.63) is 45.4 Å². The van der Waals surface area contributed by atoms with E-state index in [1.54, 1.807) is 18.2 Å². The van der Waals surface area contributed by atoms with Crippen molar-refractivity contribution in [1.29, 1.82) is 0 Å². The fourth-order valence-electron chi connectivity index (χ4n) is 1.86. The van der Waals surface area contributed by atoms with Gasteiger partial charge in [0, 0.05) is 10.5 Å². The largest absolute Gasteiger partial charge is 0.493 e. The number of ether oxygens (including phenoxy) is 2. The Labute approximate surface area is 148 Å². The fraction of sp³-hybridized carbons (Fsp3) is 0.200. The van der Waals surface area contributed by atoms with E-state index in [9.17, 15) is 8.42 Å². The van der Waals surface area contributed by atoms with E-state index in [2.05, 4.69) is 15.9 Å². The van der Waals surface area contributed by atoms with E-state index in [0.717, 1.165) is 5.56 Å². The third kappa shape index (κ3) is 3.91. The summed E-state index contributed by atoms with van der Waals surface area (Å²) in [5.74, 6) is 0.730. The first kappa shape index (κ1) is 17.9. The van der Waals surface area contributed by atoms with E-state index >= 15 is 0 Å². The Kier molecular flexibility index (Phi) is 5.44. The molecule has 2 aromatic rings. The van der Waals surface area contributed by atoms with Crippen LogP contribution in [0.2, 0.25) is 5.02 Å². The second-order valence-corrected chi connectivity index (χ2v) is 7.39. The summed E-state index contributed by atoms with van der Waals surface area (Å²) in [4.78, 5) is -0.0901. The maximum atomic E-state index is 12.5. The Morgan fingerprint density at radius 2 is 1.61 bits per heavy atom. The molecule has 124 valence electrons. The lowest BCUT2D eigenvalue weighted by atomic mass is 10.2. The number of hydrogen-bond donors (Lipinski definition) is 0. The molecular weight excluding hydrogens is 408 g/mol. The third-order valence-corrected chi connectivity index (χ3v) is 5.50. The normalized spacial score (nSPS) is 11.2. The summed E-state index contributed by atoms with van der Waals surface area (Å²) in [6.07, 6.45) is 0. The maximum Gasteiger partial charge on any atom is 0.340 e. The van der Waals surface area contributed by atoms with Gasteiger partial charge in [0.1, 0.15) is 4.90 Å². The molecule has 0 aliphatic rings. The quantitative estimate of drug-likeness (QED) is 0.677. The van der Waals surface area contributed by atoms with Crippen LogP contribution in [0.4, 0.5) is 0 Å². The Morgan fingerprint density at radius 1 is 1.00 bits per heavy atom. The first-order chi connectivity index (χ1) is 10.8. The summed E-state index contributed by atoms with van der Waals surface area (Å²) < 4.78 is 40.8. The van der Waals surface area contributed by atoms with Gasteiger partial charge in [-0.2, -0.15) is 8.42 Å². The van der Waals surface area contributed by atoms with E-state index in [1.165, 1.54) is 26.4 Å². The molecule has 0 aliphatic carbocycles. The van der Waals surface area contributed by atoms with Gasteiger partial charge in [-0.05, 0) is 46.6 Å². The van der Waals surface area contributed by atoms with Gasteiger partial charge >= 0.3 is 10.1 Å². The minimum absolute atomic E-state index is 0.0633. The monoisotopic (exact) mass is 420 g/mol. The lowest BCUT2D eigenvalue weighted by Crippen LogP contribution is -2.11. The van der Waals surface area contributed by atoms with Crippen LogP contribution in [0.25, 0.3) is 0 Å². The molecule has 0 radical (unpaired) electrons. The van der Waals surface area contributed by atoms with E-state index in [4.69, 9.17) is 25.3 Å². The van der Waals surface area contributed by atoms with Crippen LogP contribution in [0, 0.1) is 6.92 Å². The second kappa shape index (κ2) is 6.98. The van der Waals surface area contributed by atoms with Crippen LogP contribution in [-0.2, 0) is 10.1 Å². The molecule has 0 bridgehead atoms. The molecule has 2 rings (SSSR count). The molecule has 0 aromatic heterocycles. The molecule has 23 heavy (non-hydrogen) atoms. The standard InChI is InChI=1S/C15H14BrClO5S/c1-9-4-5-11(17)12(6-9)22-23(18,19)15-8-14(21-3)13(20-2)7-10(15)16/h4-8H,1-3H3. The van der Waals surface area contributed by atoms with Gasteiger partial charge in [-0.1, -0.05) is 17.7 Å². The van der Waals surface area contributed by atoms with Crippen LogP contribution in [0.1, 0.15) is 5.56 Å². The first-order valence-corrected chi connectivity index (χ1v) is 8.98. The van der Waals surface area contributed by atoms with Gasteiger partial charge in [0.15, 0.2) is 17.2 Å². The number of hydrogen-bond acceptors (Lipinski definition) is 5. The maximum absolute atomic E-state index is 12.5. The van der Waals surface area contributed by atoms with Gasteiger partial charge in [-0.25, -0.2) is 0 Å². The molecule has 0 heterocycles. The van der Waals surface area contributed by atoms with Gasteiger partial charge in [0.2, 0.25) is 0 Å². The van der Waals surface area contributed by atoms with Crippen LogP contribution < -0.4 is 13.7 Å². The van der Waals surface area contributed by atoms with Crippen molar-refractivity contribution in [2.45, 2.75) is 11.8 Å². The fourth-order valence-corrected chi connectivity index (χ4v) is 4.00. The van der Waals surface area contributed by atoms with Gasteiger partial charge < -0.3 is 13.7 Å². The highest BCUT2D eigenvalue weighted by Crippen LogP contribution is 2.37. The van der Waals surface area contributed by atoms with Crippen LogP contribution in [-0.4, -0.2) is 22.6 Å². The van der Waals surface area contributed by atoms with Gasteiger partial charge in [0.05, 0.1) is 19.2 Å². The number of methoxy groups -OCH3 is 2. The van der Waals surface area contributed by atoms with Gasteiger partial charge in [0.25, 0.3) is 0 Å². The topological polar surface area (TPSA) is 61.8 Å². The molecule has 0 aliphatic heterocycles. The predicted molar refractivity (Wildman–Crippen MR) is 91.2 cm³/mol. The summed E-state index contributed by atoms with van der Waals surface area (Å²) in [6.45, 7) is 1.81. The van der Waals surface area contributed by atoms with Crippen molar-refractivity contribution >= 4 is 37.6 Å². The predicted octanol–water partition coefficient (Wildman–Crippen LogP) is 4.20. The van der Waals surface area contributed by atoms with Gasteiger partial charge in [-0.15, -0.1) is 0 Å². The molecule has 0 unspecified atom stereocenters. The molecule has 0 saturated heterocycles. The van der Waals surface area contributed by atoms with Crippen LogP contribution in [0.5, 0.6) is 17.2 Å². The van der Waals surface area contributed by atoms with Crippen LogP contribution in [0.3, 0.4) is 0 Å². The van der Waals surface area contributed by atoms with Crippen LogP contribution in [0.15, 0.2) is 39.7 Å². The summed E-state index contributed by atoms with van der Waals surface area (Å²) in [7, 11) is -1.23. The zero-order valence-electron chi connectivity index (χ0n) is 12.6. The summed E-state index contributed by atoms with van der Waals surface area (Å²) in [5, 5.41) is 0.204. The van der Waals surface area contributed by atoms with E-state index in [1.807, 2.05) is 6.92 Å². The Balaban J connectivity index is 2.49. The summed E-state index contributed by atoms with van der Waals surface area (Å²) in [6, 6.07) is 7.70. The van der Waals surface area contributed by atoms with E-state index in [-0.39, 0.29) is 21.4 Å². The molecule has 8 heteroatoms. The average molecular weight is 422 g/mol. The Morgan fingerprint density at radius 3 is 2.22 bits per heavy atom. The van der Waals surface area contributed by atoms with Crippen molar-refractivity contribution in [2.75, 3.05) is 14.2 Å². The second-order valence-electron chi connectivity index (χ2n) is 4.61. The molecule has 5 nitrogen and oxygen atoms in total. The number of benzene rings is 2. The lowest BCUT2D eigenvalue weighted by Gasteiger charge is -2.13. The van der Waals surface area contributed by atoms with Crippen molar-refractivity contribution in [2.24, 2.45) is 0 Å². The third-order valence-electron chi connectivity index (χ3n) is 2.99. The van der Waals surface area contributed by atoms with Crippen molar-refractivity contribution < 1.29 is 22.1 Å². The summed E-state index contributed by atoms with van der Waals surface area (Å²) >= 11 is 9.20. The Hall–Kier alpha value is -1.44. The zero-order chi connectivity index (χ0) is 17.2. The van der Waals surface area contributed by atoms with E-state index < -0.39 is 10.1 Å². The molecule has 0 fully saturated rings. The molecule has 2 aromatic carbocycles. The molecule has 0 N–H and O–H groups in total. The SMILES string of the molecule is COc1cc(Br)c(S(=O)(=O)Oc2cc(C)ccc2Cl)cc1OC. The first-order valence-electron chi connectivity index (χ1n) is 6.40. The van der Waals surface area contributed by atoms with Crippen molar-refractivity contribution in [3.63, 3.8) is 0 Å². The van der Waals surface area contributed by atoms with E-state index in [0.29, 0.717) is 10.2 Å². The van der Waals surface area contributed by atoms with Crippen molar-refractivity contribution in [3.8, 4) is 17.2 Å². The molecule has 0 spiro atoms. The molecule has 0 atom stereocenters. The summed E-state index contributed by atoms with van der Waals surface area (Å²) in [5.41, 5.74) is 0.825. The average Bonchev–Trinajstić information content (AvgIpc) is 2.50. The highest BCUT2D eigenvalue weighted by atomic mass is 79.9. The molecule has 0 amide bonds. The minimum Gasteiger partial charge on any atom is -0.493 e. The number of aryl methyl sites for hydroxylation is 1. The van der Waals surface area contributed by atoms with Crippen molar-refractivity contribution in [1.82, 2.24) is 0 Å². The molecule has 0 saturated carbocycles. The number of halogens is 2. The highest BCUT2D eigenvalue weighted by Gasteiger charge is 2.24. The minimum atomic E-state index is -4.11. The van der Waals surface area contributed by atoms with Gasteiger partial charge in [-0.3, -0.25) is 0 Å². The number of rotatable bonds is 5. The Bertz CT molecular complexity index is 836. The lowest BCUT2D eigenvalue weighted by molar-refractivity contribution is 0.353. The highest BCUT2D eigenvalue weighted by molar-refractivity contribution is 9.10. The molecular formula is C15H14BrClO5S. The van der Waals surface area contributed by atoms with Crippen LogP contribution >= 0.6 is 27.5 Å².